The minimum Gasteiger partial charge on any atom is -0.361 e. The molecule has 3 N–H and O–H groups in total. The van der Waals surface area contributed by atoms with Gasteiger partial charge in [0.05, 0.1) is 5.69 Å². The van der Waals surface area contributed by atoms with Crippen LogP contribution in [0.1, 0.15) is 54.0 Å². The average Bonchev–Trinajstić information content (AvgIpc) is 3.58. The predicted octanol–water partition coefficient (Wildman–Crippen LogP) is 5.69. The minimum absolute atomic E-state index is 0.206. The number of aryl methyl sites for hydroxylation is 1. The Kier molecular flexibility index (Phi) is 8.52. The molecule has 2 atom stereocenters. The van der Waals surface area contributed by atoms with Gasteiger partial charge in [0.25, 0.3) is 0 Å². The third-order valence-corrected chi connectivity index (χ3v) is 8.65. The van der Waals surface area contributed by atoms with Gasteiger partial charge in [0.15, 0.2) is 5.13 Å². The van der Waals surface area contributed by atoms with E-state index in [4.69, 9.17) is 0 Å². The maximum absolute atomic E-state index is 13.7. The van der Waals surface area contributed by atoms with Crippen LogP contribution in [0.5, 0.6) is 0 Å². The molecule has 0 radical (unpaired) electrons. The minimum atomic E-state index is -0.776. The Balaban J connectivity index is 1.32. The number of hydrogen-bond acceptors (Lipinski definition) is 5. The second kappa shape index (κ2) is 12.2. The number of likely N-dealkylation sites (tertiary alicyclic amines) is 1. The summed E-state index contributed by atoms with van der Waals surface area (Å²) in [7, 11) is 3.96. The normalized spacial score (nSPS) is 15.8. The van der Waals surface area contributed by atoms with Crippen molar-refractivity contribution in [3.63, 3.8) is 0 Å². The molecule has 0 bridgehead atoms. The maximum atomic E-state index is 13.7. The highest BCUT2D eigenvalue weighted by atomic mass is 32.1. The van der Waals surface area contributed by atoms with E-state index in [1.54, 1.807) is 0 Å². The van der Waals surface area contributed by atoms with Gasteiger partial charge in [-0.15, -0.1) is 11.3 Å². The number of aromatic nitrogens is 2. The number of anilines is 1. The van der Waals surface area contributed by atoms with Crippen LogP contribution in [-0.2, 0) is 11.3 Å². The van der Waals surface area contributed by atoms with Crippen LogP contribution in [0.3, 0.4) is 0 Å². The zero-order chi connectivity index (χ0) is 28.2. The number of para-hydroxylation sites is 1. The summed E-state index contributed by atoms with van der Waals surface area (Å²) in [6, 6.07) is 15.5. The number of urea groups is 1. The lowest BCUT2D eigenvalue weighted by Crippen LogP contribution is -2.53. The summed E-state index contributed by atoms with van der Waals surface area (Å²) >= 11 is 1.40. The Morgan fingerprint density at radius 3 is 2.60 bits per heavy atom. The van der Waals surface area contributed by atoms with E-state index < -0.39 is 6.04 Å². The number of benzene rings is 2. The number of fused-ring (bicyclic) bond motifs is 1. The van der Waals surface area contributed by atoms with Crippen molar-refractivity contribution in [2.45, 2.75) is 51.1 Å². The molecule has 5 rings (SSSR count). The van der Waals surface area contributed by atoms with Crippen LogP contribution in [0.4, 0.5) is 9.93 Å². The van der Waals surface area contributed by atoms with E-state index in [-0.39, 0.29) is 17.9 Å². The van der Waals surface area contributed by atoms with Gasteiger partial charge in [0.1, 0.15) is 6.04 Å². The number of nitrogens with one attached hydrogen (secondary N) is 3. The fraction of sp³-hybridized carbons (Fsp3) is 0.387. The number of rotatable bonds is 8. The molecular formula is C31H38N6O2S. The molecule has 8 nitrogen and oxygen atoms in total. The van der Waals surface area contributed by atoms with Gasteiger partial charge in [0.2, 0.25) is 5.91 Å². The molecule has 1 aliphatic heterocycles. The number of nitrogens with zero attached hydrogens (tertiary/aromatic N) is 3. The number of carbonyl (C=O) groups excluding carboxylic acids is 2. The third-order valence-electron chi connectivity index (χ3n) is 7.84. The molecule has 1 fully saturated rings. The zero-order valence-electron chi connectivity index (χ0n) is 23.6. The van der Waals surface area contributed by atoms with Crippen LogP contribution < -0.4 is 10.6 Å². The lowest BCUT2D eigenvalue weighted by Gasteiger charge is -2.34. The second-order valence-electron chi connectivity index (χ2n) is 11.0. The van der Waals surface area contributed by atoms with E-state index in [9.17, 15) is 9.59 Å². The van der Waals surface area contributed by atoms with E-state index in [1.165, 1.54) is 22.5 Å². The Labute approximate surface area is 239 Å². The number of amides is 3. The molecule has 0 spiro atoms. The molecule has 3 amide bonds. The van der Waals surface area contributed by atoms with Crippen LogP contribution in [0.25, 0.3) is 10.9 Å². The van der Waals surface area contributed by atoms with Gasteiger partial charge in [-0.2, -0.15) is 0 Å². The lowest BCUT2D eigenvalue weighted by molar-refractivity contribution is -0.118. The number of H-pyrrole nitrogens is 1. The zero-order valence-corrected chi connectivity index (χ0v) is 24.4. The summed E-state index contributed by atoms with van der Waals surface area (Å²) in [5.74, 6) is -0.103. The van der Waals surface area contributed by atoms with Crippen LogP contribution in [0, 0.1) is 6.92 Å². The van der Waals surface area contributed by atoms with Crippen molar-refractivity contribution in [1.29, 1.82) is 0 Å². The highest BCUT2D eigenvalue weighted by Crippen LogP contribution is 2.31. The van der Waals surface area contributed by atoms with E-state index >= 15 is 0 Å². The van der Waals surface area contributed by atoms with E-state index in [0.29, 0.717) is 30.7 Å². The van der Waals surface area contributed by atoms with Crippen molar-refractivity contribution in [3.05, 3.63) is 82.5 Å². The molecule has 0 saturated carbocycles. The van der Waals surface area contributed by atoms with Gasteiger partial charge < -0.3 is 25.4 Å². The van der Waals surface area contributed by atoms with Gasteiger partial charge >= 0.3 is 6.03 Å². The van der Waals surface area contributed by atoms with Crippen molar-refractivity contribution in [2.75, 3.05) is 32.5 Å². The molecule has 3 heterocycles. The molecule has 4 aromatic rings. The molecule has 0 aliphatic carbocycles. The number of hydrogen-bond donors (Lipinski definition) is 3. The summed E-state index contributed by atoms with van der Waals surface area (Å²) in [6.07, 6.45) is 3.75. The average molecular weight is 559 g/mol. The molecular weight excluding hydrogens is 520 g/mol. The molecule has 1 aliphatic rings. The summed E-state index contributed by atoms with van der Waals surface area (Å²) in [5.41, 5.74) is 5.55. The van der Waals surface area contributed by atoms with Crippen molar-refractivity contribution in [3.8, 4) is 0 Å². The molecule has 210 valence electrons. The van der Waals surface area contributed by atoms with Crippen molar-refractivity contribution in [2.24, 2.45) is 0 Å². The molecule has 9 heteroatoms. The lowest BCUT2D eigenvalue weighted by atomic mass is 9.87. The topological polar surface area (TPSA) is 93.4 Å². The van der Waals surface area contributed by atoms with Crippen LogP contribution in [-0.4, -0.2) is 64.9 Å². The smallest absolute Gasteiger partial charge is 0.318 e. The van der Waals surface area contributed by atoms with Gasteiger partial charge in [-0.25, -0.2) is 9.78 Å². The van der Waals surface area contributed by atoms with E-state index in [2.05, 4.69) is 51.8 Å². The first-order chi connectivity index (χ1) is 19.3. The van der Waals surface area contributed by atoms with Crippen LogP contribution in [0.2, 0.25) is 0 Å². The van der Waals surface area contributed by atoms with Crippen molar-refractivity contribution < 1.29 is 9.59 Å². The van der Waals surface area contributed by atoms with E-state index in [1.807, 2.05) is 66.7 Å². The first-order valence-corrected chi connectivity index (χ1v) is 14.7. The Hall–Kier alpha value is -3.69. The van der Waals surface area contributed by atoms with Gasteiger partial charge in [-0.05, 0) is 62.5 Å². The fourth-order valence-corrected chi connectivity index (χ4v) is 6.38. The second-order valence-corrected chi connectivity index (χ2v) is 11.9. The van der Waals surface area contributed by atoms with Crippen molar-refractivity contribution in [1.82, 2.24) is 25.1 Å². The van der Waals surface area contributed by atoms with Gasteiger partial charge in [0, 0.05) is 48.0 Å². The SMILES string of the molecule is Cc1ccccc1C1CCN(C(=O)NC(C(=O)Nc2nc(CN(C)C)cs2)C(C)c2c[nH]c3ccccc23)CC1. The quantitative estimate of drug-likeness (QED) is 0.259. The Morgan fingerprint density at radius 1 is 1.12 bits per heavy atom. The molecule has 2 aromatic heterocycles. The monoisotopic (exact) mass is 558 g/mol. The van der Waals surface area contributed by atoms with Crippen molar-refractivity contribution >= 4 is 39.3 Å². The standard InChI is InChI=1S/C31H38N6O2S/c1-20-9-5-6-10-24(20)22-13-15-37(16-14-22)31(39)34-28(21(2)26-17-32-27-12-8-7-11-25(26)27)29(38)35-30-33-23(19-40-30)18-36(3)4/h5-12,17,19,21-22,28,32H,13-16,18H2,1-4H3,(H,34,39)(H,33,35,38). The number of piperidine rings is 1. The molecule has 2 unspecified atom stereocenters. The largest absolute Gasteiger partial charge is 0.361 e. The van der Waals surface area contributed by atoms with Crippen LogP contribution >= 0.6 is 11.3 Å². The fourth-order valence-electron chi connectivity index (χ4n) is 5.67. The van der Waals surface area contributed by atoms with Gasteiger partial charge in [-0.1, -0.05) is 49.4 Å². The number of aromatic amines is 1. The summed E-state index contributed by atoms with van der Waals surface area (Å²) < 4.78 is 0. The summed E-state index contributed by atoms with van der Waals surface area (Å²) in [5, 5.41) is 9.60. The Bertz CT molecular complexity index is 1470. The Morgan fingerprint density at radius 2 is 1.85 bits per heavy atom. The highest BCUT2D eigenvalue weighted by Gasteiger charge is 2.33. The summed E-state index contributed by atoms with van der Waals surface area (Å²) in [4.78, 5) is 39.0. The highest BCUT2D eigenvalue weighted by molar-refractivity contribution is 7.13. The van der Waals surface area contributed by atoms with Gasteiger partial charge in [-0.3, -0.25) is 4.79 Å². The molecule has 2 aromatic carbocycles. The first-order valence-electron chi connectivity index (χ1n) is 13.9. The molecule has 1 saturated heterocycles. The predicted molar refractivity (Wildman–Crippen MR) is 162 cm³/mol. The number of carbonyl (C=O) groups is 2. The maximum Gasteiger partial charge on any atom is 0.318 e. The third kappa shape index (κ3) is 6.21. The number of thiazole rings is 1. The summed E-state index contributed by atoms with van der Waals surface area (Å²) in [6.45, 7) is 6.14. The first kappa shape index (κ1) is 27.9. The van der Waals surface area contributed by atoms with E-state index in [0.717, 1.165) is 35.0 Å². The van der Waals surface area contributed by atoms with Crippen LogP contribution in [0.15, 0.2) is 60.1 Å². The molecule has 40 heavy (non-hydrogen) atoms.